The lowest BCUT2D eigenvalue weighted by molar-refractivity contribution is 0.195. The molecule has 1 fully saturated rings. The minimum atomic E-state index is 0.00423. The Morgan fingerprint density at radius 2 is 0.944 bits per heavy atom. The Labute approximate surface area is 319 Å². The van der Waals surface area contributed by atoms with E-state index in [9.17, 15) is 0 Å². The van der Waals surface area contributed by atoms with Gasteiger partial charge in [-0.1, -0.05) is 117 Å². The van der Waals surface area contributed by atoms with Gasteiger partial charge in [0.15, 0.2) is 0 Å². The van der Waals surface area contributed by atoms with Crippen LogP contribution >= 0.6 is 0 Å². The Kier molecular flexibility index (Phi) is 6.86. The Bertz CT molecular complexity index is 2460. The van der Waals surface area contributed by atoms with Crippen LogP contribution in [0.15, 0.2) is 170 Å². The van der Waals surface area contributed by atoms with Gasteiger partial charge in [0.1, 0.15) is 0 Å². The molecule has 0 N–H and O–H groups in total. The SMILES string of the molecule is CC12CCCCC1(C)N(c1ccccc1)c1ccc(-c3cc4c5c(c3)N(c3ccccc3)c3ccccc3B5c3ccccc3N4c3ccccc3)cc12. The van der Waals surface area contributed by atoms with Crippen molar-refractivity contribution in [3.63, 3.8) is 0 Å². The van der Waals surface area contributed by atoms with E-state index in [2.05, 4.69) is 198 Å². The van der Waals surface area contributed by atoms with Crippen LogP contribution in [-0.4, -0.2) is 12.3 Å². The number of para-hydroxylation sites is 5. The summed E-state index contributed by atoms with van der Waals surface area (Å²) >= 11 is 0. The van der Waals surface area contributed by atoms with E-state index < -0.39 is 0 Å². The first-order valence-corrected chi connectivity index (χ1v) is 19.6. The maximum Gasteiger partial charge on any atom is 0.252 e. The lowest BCUT2D eigenvalue weighted by Gasteiger charge is -2.50. The fourth-order valence-electron chi connectivity index (χ4n) is 10.7. The minimum Gasteiger partial charge on any atom is -0.334 e. The van der Waals surface area contributed by atoms with Crippen LogP contribution in [0.2, 0.25) is 0 Å². The highest BCUT2D eigenvalue weighted by atomic mass is 15.3. The summed E-state index contributed by atoms with van der Waals surface area (Å²) in [4.78, 5) is 7.69. The highest BCUT2D eigenvalue weighted by Crippen LogP contribution is 2.61. The van der Waals surface area contributed by atoms with Crippen molar-refractivity contribution >= 4 is 68.6 Å². The quantitative estimate of drug-likeness (QED) is 0.170. The van der Waals surface area contributed by atoms with Crippen LogP contribution in [0.1, 0.15) is 45.1 Å². The highest BCUT2D eigenvalue weighted by Gasteiger charge is 2.57. The Balaban J connectivity index is 1.19. The van der Waals surface area contributed by atoms with Gasteiger partial charge < -0.3 is 14.7 Å². The molecule has 1 aliphatic carbocycles. The Morgan fingerprint density at radius 3 is 1.52 bits per heavy atom. The largest absolute Gasteiger partial charge is 0.334 e. The monoisotopic (exact) mass is 695 g/mol. The molecule has 3 nitrogen and oxygen atoms in total. The van der Waals surface area contributed by atoms with Crippen LogP contribution in [0.4, 0.5) is 45.5 Å². The fourth-order valence-corrected chi connectivity index (χ4v) is 10.7. The molecule has 7 aromatic rings. The molecule has 2 unspecified atom stereocenters. The molecule has 3 aliphatic heterocycles. The number of hydrogen-bond donors (Lipinski definition) is 0. The summed E-state index contributed by atoms with van der Waals surface area (Å²) in [6.07, 6.45) is 4.90. The van der Waals surface area contributed by atoms with E-state index in [-0.39, 0.29) is 17.7 Å². The smallest absolute Gasteiger partial charge is 0.252 e. The van der Waals surface area contributed by atoms with Crippen LogP contribution in [0.5, 0.6) is 0 Å². The van der Waals surface area contributed by atoms with Gasteiger partial charge in [-0.05, 0) is 126 Å². The topological polar surface area (TPSA) is 9.72 Å². The van der Waals surface area contributed by atoms with Gasteiger partial charge in [0.25, 0.3) is 6.71 Å². The maximum atomic E-state index is 2.68. The number of nitrogens with zero attached hydrogens (tertiary/aromatic N) is 3. The molecule has 0 radical (unpaired) electrons. The van der Waals surface area contributed by atoms with E-state index in [1.165, 1.54) is 104 Å². The van der Waals surface area contributed by atoms with E-state index in [4.69, 9.17) is 0 Å². The molecule has 2 atom stereocenters. The molecule has 0 aromatic heterocycles. The lowest BCUT2D eigenvalue weighted by atomic mass is 9.33. The van der Waals surface area contributed by atoms with Gasteiger partial charge >= 0.3 is 0 Å². The third kappa shape index (κ3) is 4.31. The zero-order chi connectivity index (χ0) is 36.0. The summed E-state index contributed by atoms with van der Waals surface area (Å²) in [5.41, 5.74) is 18.0. The van der Waals surface area contributed by atoms with Crippen molar-refractivity contribution < 1.29 is 0 Å². The van der Waals surface area contributed by atoms with Crippen LogP contribution in [0.3, 0.4) is 0 Å². The molecule has 54 heavy (non-hydrogen) atoms. The second-order valence-corrected chi connectivity index (χ2v) is 16.0. The van der Waals surface area contributed by atoms with Crippen molar-refractivity contribution in [1.82, 2.24) is 0 Å². The number of fused-ring (bicyclic) bond motifs is 7. The average molecular weight is 696 g/mol. The molecule has 7 aromatic carbocycles. The standard InChI is InChI=1S/C50H42BN3/c1-49-30-16-17-31-50(49,2)54(39-22-10-5-11-23-39)43-29-28-35(32-40(43)49)36-33-46-48-47(34-36)53(38-20-8-4-9-21-38)45-27-15-13-25-42(45)51(48)41-24-12-14-26-44(41)52(46)37-18-6-3-7-19-37/h3-15,18-29,32-34H,16-17,30-31H2,1-2H3. The summed E-state index contributed by atoms with van der Waals surface area (Å²) in [6, 6.07) is 63.4. The predicted octanol–water partition coefficient (Wildman–Crippen LogP) is 11.2. The molecule has 0 saturated heterocycles. The van der Waals surface area contributed by atoms with E-state index >= 15 is 0 Å². The zero-order valence-electron chi connectivity index (χ0n) is 30.9. The third-order valence-corrected chi connectivity index (χ3v) is 13.4. The summed E-state index contributed by atoms with van der Waals surface area (Å²) in [5, 5.41) is 0. The Morgan fingerprint density at radius 1 is 0.444 bits per heavy atom. The van der Waals surface area contributed by atoms with Gasteiger partial charge in [-0.2, -0.15) is 0 Å². The molecule has 0 amide bonds. The lowest BCUT2D eigenvalue weighted by Crippen LogP contribution is -2.61. The molecule has 260 valence electrons. The number of anilines is 8. The molecule has 4 heteroatoms. The summed E-state index contributed by atoms with van der Waals surface area (Å²) in [7, 11) is 0. The van der Waals surface area contributed by atoms with Crippen molar-refractivity contribution in [3.05, 3.63) is 175 Å². The molecule has 3 heterocycles. The van der Waals surface area contributed by atoms with Crippen molar-refractivity contribution in [2.24, 2.45) is 0 Å². The summed E-state index contributed by atoms with van der Waals surface area (Å²) in [6.45, 7) is 5.17. The normalized spacial score (nSPS) is 20.5. The van der Waals surface area contributed by atoms with Crippen molar-refractivity contribution in [1.29, 1.82) is 0 Å². The van der Waals surface area contributed by atoms with Crippen LogP contribution in [0, 0.1) is 0 Å². The second-order valence-electron chi connectivity index (χ2n) is 16.0. The first-order chi connectivity index (χ1) is 26.5. The van der Waals surface area contributed by atoms with Crippen molar-refractivity contribution in [2.75, 3.05) is 14.7 Å². The van der Waals surface area contributed by atoms with Crippen molar-refractivity contribution in [3.8, 4) is 11.1 Å². The molecule has 1 saturated carbocycles. The highest BCUT2D eigenvalue weighted by molar-refractivity contribution is 7.00. The molecule has 4 aliphatic rings. The van der Waals surface area contributed by atoms with E-state index in [0.29, 0.717) is 0 Å². The summed E-state index contributed by atoms with van der Waals surface area (Å²) in [5.74, 6) is 0. The third-order valence-electron chi connectivity index (χ3n) is 13.4. The molecule has 0 bridgehead atoms. The first-order valence-electron chi connectivity index (χ1n) is 19.6. The maximum absolute atomic E-state index is 2.68. The number of rotatable bonds is 4. The number of hydrogen-bond acceptors (Lipinski definition) is 3. The van der Waals surface area contributed by atoms with Crippen LogP contribution < -0.4 is 31.1 Å². The van der Waals surface area contributed by atoms with Gasteiger partial charge in [0, 0.05) is 50.9 Å². The number of benzene rings is 7. The average Bonchev–Trinajstić information content (AvgIpc) is 3.44. The second kappa shape index (κ2) is 11.8. The predicted molar refractivity (Wildman–Crippen MR) is 229 cm³/mol. The van der Waals surface area contributed by atoms with Crippen molar-refractivity contribution in [2.45, 2.75) is 50.5 Å². The van der Waals surface area contributed by atoms with E-state index in [1.54, 1.807) is 0 Å². The van der Waals surface area contributed by atoms with Crippen LogP contribution in [-0.2, 0) is 5.41 Å². The molecular formula is C50H42BN3. The minimum absolute atomic E-state index is 0.00423. The first kappa shape index (κ1) is 31.5. The van der Waals surface area contributed by atoms with Gasteiger partial charge in [-0.25, -0.2) is 0 Å². The molecule has 11 rings (SSSR count). The van der Waals surface area contributed by atoms with E-state index in [1.807, 2.05) is 0 Å². The fraction of sp³-hybridized carbons (Fsp3) is 0.160. The Hall–Kier alpha value is -6.00. The van der Waals surface area contributed by atoms with E-state index in [0.717, 1.165) is 0 Å². The molecule has 0 spiro atoms. The van der Waals surface area contributed by atoms with Crippen LogP contribution in [0.25, 0.3) is 11.1 Å². The zero-order valence-corrected chi connectivity index (χ0v) is 30.9. The summed E-state index contributed by atoms with van der Waals surface area (Å²) < 4.78 is 0. The van der Waals surface area contributed by atoms with Gasteiger partial charge in [0.2, 0.25) is 0 Å². The molecular weight excluding hydrogens is 653 g/mol. The van der Waals surface area contributed by atoms with Gasteiger partial charge in [-0.15, -0.1) is 0 Å². The van der Waals surface area contributed by atoms with Gasteiger partial charge in [-0.3, -0.25) is 0 Å². The van der Waals surface area contributed by atoms with Gasteiger partial charge in [0.05, 0.1) is 5.54 Å².